The van der Waals surface area contributed by atoms with Crippen LogP contribution in [0, 0.1) is 11.8 Å². The summed E-state index contributed by atoms with van der Waals surface area (Å²) < 4.78 is 0. The highest BCUT2D eigenvalue weighted by molar-refractivity contribution is 5.11. The fourth-order valence-corrected chi connectivity index (χ4v) is 4.90. The molecule has 0 aromatic carbocycles. The number of nitrogens with zero attached hydrogens (tertiary/aromatic N) is 4. The average Bonchev–Trinajstić information content (AvgIpc) is 2.65. The summed E-state index contributed by atoms with van der Waals surface area (Å²) in [4.78, 5) is 1.85. The van der Waals surface area contributed by atoms with E-state index >= 15 is 0 Å². The molecule has 1 aromatic rings. The normalized spacial score (nSPS) is 49.8. The first-order valence-corrected chi connectivity index (χ1v) is 6.20. The molecule has 0 unspecified atom stereocenters. The Morgan fingerprint density at radius 3 is 2.50 bits per heavy atom. The van der Waals surface area contributed by atoms with Crippen LogP contribution in [0.25, 0.3) is 0 Å². The number of tetrazole rings is 1. The van der Waals surface area contributed by atoms with E-state index in [2.05, 4.69) is 15.4 Å². The SMILES string of the molecule is NC12C[C@H]3C[C@H](C1)CC(n1ncnn1)(C3)C2. The summed E-state index contributed by atoms with van der Waals surface area (Å²) in [5, 5.41) is 12.3. The molecule has 5 nitrogen and oxygen atoms in total. The summed E-state index contributed by atoms with van der Waals surface area (Å²) in [6.45, 7) is 0. The predicted molar refractivity (Wildman–Crippen MR) is 57.4 cm³/mol. The number of hydrogen-bond donors (Lipinski definition) is 1. The fraction of sp³-hybridized carbons (Fsp3) is 0.909. The van der Waals surface area contributed by atoms with Gasteiger partial charge in [0.1, 0.15) is 0 Å². The van der Waals surface area contributed by atoms with Gasteiger partial charge in [0, 0.05) is 5.54 Å². The third-order valence-electron chi connectivity index (χ3n) is 4.85. The summed E-state index contributed by atoms with van der Waals surface area (Å²) >= 11 is 0. The lowest BCUT2D eigenvalue weighted by Gasteiger charge is -2.59. The van der Waals surface area contributed by atoms with Crippen molar-refractivity contribution in [2.45, 2.75) is 49.6 Å². The summed E-state index contributed by atoms with van der Waals surface area (Å²) in [5.74, 6) is 1.58. The molecule has 0 saturated heterocycles. The third kappa shape index (κ3) is 1.07. The van der Waals surface area contributed by atoms with Gasteiger partial charge in [0.05, 0.1) is 5.54 Å². The fourth-order valence-electron chi connectivity index (χ4n) is 4.90. The van der Waals surface area contributed by atoms with Crippen LogP contribution < -0.4 is 5.73 Å². The lowest BCUT2D eigenvalue weighted by atomic mass is 9.50. The van der Waals surface area contributed by atoms with Crippen LogP contribution in [0.3, 0.4) is 0 Å². The molecule has 1 aromatic heterocycles. The maximum Gasteiger partial charge on any atom is 0.162 e. The summed E-state index contributed by atoms with van der Waals surface area (Å²) in [5.41, 5.74) is 6.67. The molecule has 2 atom stereocenters. The predicted octanol–water partition coefficient (Wildman–Crippen LogP) is 0.680. The Morgan fingerprint density at radius 2 is 1.94 bits per heavy atom. The number of aromatic nitrogens is 4. The van der Waals surface area contributed by atoms with E-state index in [-0.39, 0.29) is 11.1 Å². The molecule has 4 fully saturated rings. The first kappa shape index (κ1) is 9.10. The Morgan fingerprint density at radius 1 is 1.19 bits per heavy atom. The quantitative estimate of drug-likeness (QED) is 0.754. The van der Waals surface area contributed by atoms with Crippen molar-refractivity contribution in [3.8, 4) is 0 Å². The van der Waals surface area contributed by atoms with Crippen LogP contribution in [-0.4, -0.2) is 25.7 Å². The van der Waals surface area contributed by atoms with Crippen molar-refractivity contribution in [2.24, 2.45) is 17.6 Å². The minimum atomic E-state index is 0.0533. The second-order valence-corrected chi connectivity index (χ2v) is 6.27. The van der Waals surface area contributed by atoms with Crippen molar-refractivity contribution in [1.82, 2.24) is 20.2 Å². The zero-order valence-electron chi connectivity index (χ0n) is 9.34. The average molecular weight is 219 g/mol. The van der Waals surface area contributed by atoms with E-state index in [1.54, 1.807) is 6.33 Å². The third-order valence-corrected chi connectivity index (χ3v) is 4.85. The van der Waals surface area contributed by atoms with E-state index in [4.69, 9.17) is 5.73 Å². The largest absolute Gasteiger partial charge is 0.325 e. The molecule has 0 aliphatic heterocycles. The van der Waals surface area contributed by atoms with Crippen LogP contribution >= 0.6 is 0 Å². The molecule has 4 bridgehead atoms. The first-order chi connectivity index (χ1) is 7.68. The molecule has 0 amide bonds. The molecule has 4 saturated carbocycles. The smallest absolute Gasteiger partial charge is 0.162 e. The monoisotopic (exact) mass is 219 g/mol. The highest BCUT2D eigenvalue weighted by Crippen LogP contribution is 2.59. The van der Waals surface area contributed by atoms with Gasteiger partial charge in [0.25, 0.3) is 0 Å². The van der Waals surface area contributed by atoms with Gasteiger partial charge in [-0.05, 0) is 55.6 Å². The number of hydrogen-bond acceptors (Lipinski definition) is 4. The zero-order valence-corrected chi connectivity index (χ0v) is 9.34. The highest BCUT2D eigenvalue weighted by atomic mass is 15.6. The molecule has 5 rings (SSSR count). The molecule has 86 valence electrons. The second-order valence-electron chi connectivity index (χ2n) is 6.27. The standard InChI is InChI=1S/C11H17N5/c12-10-2-8-1-9(3-10)5-11(4-8,6-10)16-14-7-13-15-16/h7-9H,1-6,12H2/t8-,9-,10?,11?/m1/s1. The van der Waals surface area contributed by atoms with Crippen molar-refractivity contribution in [2.75, 3.05) is 0 Å². The summed E-state index contributed by atoms with van der Waals surface area (Å²) in [7, 11) is 0. The van der Waals surface area contributed by atoms with Gasteiger partial charge in [-0.25, -0.2) is 0 Å². The summed E-state index contributed by atoms with van der Waals surface area (Å²) in [6, 6.07) is 0. The van der Waals surface area contributed by atoms with Crippen LogP contribution in [0.4, 0.5) is 0 Å². The van der Waals surface area contributed by atoms with E-state index in [0.717, 1.165) is 18.3 Å². The zero-order chi connectivity index (χ0) is 10.8. The Bertz CT molecular complexity index is 398. The molecule has 2 N–H and O–H groups in total. The molecule has 4 aliphatic rings. The second kappa shape index (κ2) is 2.64. The van der Waals surface area contributed by atoms with Crippen LogP contribution in [0.2, 0.25) is 0 Å². The maximum atomic E-state index is 6.52. The summed E-state index contributed by atoms with van der Waals surface area (Å²) in [6.07, 6.45) is 8.79. The maximum absolute atomic E-state index is 6.52. The van der Waals surface area contributed by atoms with Gasteiger partial charge in [0.2, 0.25) is 0 Å². The minimum Gasteiger partial charge on any atom is -0.325 e. The van der Waals surface area contributed by atoms with Crippen LogP contribution in [0.5, 0.6) is 0 Å². The Balaban J connectivity index is 1.80. The van der Waals surface area contributed by atoms with E-state index < -0.39 is 0 Å². The molecule has 16 heavy (non-hydrogen) atoms. The number of rotatable bonds is 1. The highest BCUT2D eigenvalue weighted by Gasteiger charge is 2.58. The van der Waals surface area contributed by atoms with E-state index in [1.807, 2.05) is 4.80 Å². The van der Waals surface area contributed by atoms with Gasteiger partial charge in [-0.1, -0.05) is 0 Å². The lowest BCUT2D eigenvalue weighted by Crippen LogP contribution is -2.63. The molecule has 0 spiro atoms. The minimum absolute atomic E-state index is 0.0533. The van der Waals surface area contributed by atoms with E-state index in [9.17, 15) is 0 Å². The van der Waals surface area contributed by atoms with E-state index in [1.165, 1.54) is 32.1 Å². The molecular formula is C11H17N5. The van der Waals surface area contributed by atoms with Gasteiger partial charge in [-0.15, -0.1) is 10.2 Å². The molecule has 1 heterocycles. The van der Waals surface area contributed by atoms with E-state index in [0.29, 0.717) is 0 Å². The van der Waals surface area contributed by atoms with Crippen molar-refractivity contribution < 1.29 is 0 Å². The first-order valence-electron chi connectivity index (χ1n) is 6.20. The van der Waals surface area contributed by atoms with Gasteiger partial charge in [-0.3, -0.25) is 0 Å². The lowest BCUT2D eigenvalue weighted by molar-refractivity contribution is -0.0708. The van der Waals surface area contributed by atoms with Crippen molar-refractivity contribution in [3.63, 3.8) is 0 Å². The Labute approximate surface area is 94.4 Å². The van der Waals surface area contributed by atoms with Gasteiger partial charge in [-0.2, -0.15) is 4.80 Å². The molecule has 5 heteroatoms. The van der Waals surface area contributed by atoms with Crippen molar-refractivity contribution in [1.29, 1.82) is 0 Å². The molecule has 4 aliphatic carbocycles. The van der Waals surface area contributed by atoms with Crippen LogP contribution in [-0.2, 0) is 5.54 Å². The van der Waals surface area contributed by atoms with Gasteiger partial charge in [0.15, 0.2) is 6.33 Å². The van der Waals surface area contributed by atoms with Gasteiger partial charge < -0.3 is 5.73 Å². The molecule has 0 radical (unpaired) electrons. The van der Waals surface area contributed by atoms with Gasteiger partial charge >= 0.3 is 0 Å². The Kier molecular flexibility index (Phi) is 1.50. The number of nitrogens with two attached hydrogens (primary N) is 1. The van der Waals surface area contributed by atoms with Crippen molar-refractivity contribution >= 4 is 0 Å². The molecular weight excluding hydrogens is 202 g/mol. The van der Waals surface area contributed by atoms with Crippen LogP contribution in [0.15, 0.2) is 6.33 Å². The Hall–Kier alpha value is -0.970. The van der Waals surface area contributed by atoms with Crippen LogP contribution in [0.1, 0.15) is 38.5 Å². The van der Waals surface area contributed by atoms with Crippen molar-refractivity contribution in [3.05, 3.63) is 6.33 Å². The topological polar surface area (TPSA) is 69.6 Å².